The van der Waals surface area contributed by atoms with E-state index in [1.165, 1.54) is 4.52 Å². The van der Waals surface area contributed by atoms with Gasteiger partial charge in [-0.1, -0.05) is 13.3 Å². The molecule has 96 valence electrons. The van der Waals surface area contributed by atoms with Crippen molar-refractivity contribution in [3.8, 4) is 0 Å². The number of aryl methyl sites for hydroxylation is 1. The lowest BCUT2D eigenvalue weighted by molar-refractivity contribution is 0.603. The third-order valence-electron chi connectivity index (χ3n) is 3.46. The average molecular weight is 246 g/mol. The van der Waals surface area contributed by atoms with Gasteiger partial charge in [0.25, 0.3) is 5.56 Å². The summed E-state index contributed by atoms with van der Waals surface area (Å²) in [5.41, 5.74) is 1.78. The van der Waals surface area contributed by atoms with Gasteiger partial charge in [-0.05, 0) is 37.4 Å². The van der Waals surface area contributed by atoms with Crippen molar-refractivity contribution in [1.82, 2.24) is 19.9 Å². The van der Waals surface area contributed by atoms with E-state index in [0.29, 0.717) is 0 Å². The summed E-state index contributed by atoms with van der Waals surface area (Å²) in [6.45, 7) is 3.14. The van der Waals surface area contributed by atoms with Crippen LogP contribution in [0.25, 0.3) is 5.65 Å². The summed E-state index contributed by atoms with van der Waals surface area (Å²) in [6, 6.07) is 3.96. The van der Waals surface area contributed by atoms with Crippen LogP contribution >= 0.6 is 0 Å². The van der Waals surface area contributed by atoms with Crippen molar-refractivity contribution in [2.24, 2.45) is 0 Å². The third kappa shape index (κ3) is 1.95. The second-order valence-electron chi connectivity index (χ2n) is 4.90. The molecule has 1 fully saturated rings. The molecule has 1 aliphatic rings. The lowest BCUT2D eigenvalue weighted by atomic mass is 10.1. The van der Waals surface area contributed by atoms with Gasteiger partial charge in [-0.3, -0.25) is 9.89 Å². The molecule has 5 heteroatoms. The number of fused-ring (bicyclic) bond motifs is 1. The number of rotatable bonds is 3. The van der Waals surface area contributed by atoms with Gasteiger partial charge in [0.15, 0.2) is 5.65 Å². The minimum atomic E-state index is -0.0207. The maximum Gasteiger partial charge on any atom is 0.271 e. The lowest BCUT2D eigenvalue weighted by Gasteiger charge is -2.03. The molecular weight excluding hydrogens is 228 g/mol. The molecule has 1 aliphatic heterocycles. The first-order chi connectivity index (χ1) is 8.78. The number of hydrogen-bond donors (Lipinski definition) is 2. The van der Waals surface area contributed by atoms with Crippen LogP contribution in [0.1, 0.15) is 43.6 Å². The molecule has 3 rings (SSSR count). The summed E-state index contributed by atoms with van der Waals surface area (Å²) >= 11 is 0. The Balaban J connectivity index is 2.05. The number of nitrogens with one attached hydrogen (secondary N) is 2. The van der Waals surface area contributed by atoms with Crippen LogP contribution in [0.3, 0.4) is 0 Å². The van der Waals surface area contributed by atoms with Gasteiger partial charge in [0.1, 0.15) is 5.82 Å². The third-order valence-corrected chi connectivity index (χ3v) is 3.46. The van der Waals surface area contributed by atoms with E-state index < -0.39 is 0 Å². The Kier molecular flexibility index (Phi) is 2.91. The van der Waals surface area contributed by atoms with Crippen molar-refractivity contribution < 1.29 is 0 Å². The molecule has 0 radical (unpaired) electrons. The van der Waals surface area contributed by atoms with Crippen molar-refractivity contribution in [3.05, 3.63) is 33.9 Å². The summed E-state index contributed by atoms with van der Waals surface area (Å²) in [7, 11) is 0. The first-order valence-electron chi connectivity index (χ1n) is 6.63. The van der Waals surface area contributed by atoms with E-state index in [1.807, 2.05) is 6.07 Å². The van der Waals surface area contributed by atoms with E-state index in [2.05, 4.69) is 22.3 Å². The maximum absolute atomic E-state index is 12.0. The molecule has 1 saturated heterocycles. The van der Waals surface area contributed by atoms with Crippen molar-refractivity contribution in [2.75, 3.05) is 6.54 Å². The molecule has 3 heterocycles. The summed E-state index contributed by atoms with van der Waals surface area (Å²) < 4.78 is 1.54. The van der Waals surface area contributed by atoms with Gasteiger partial charge in [-0.25, -0.2) is 9.50 Å². The molecule has 18 heavy (non-hydrogen) atoms. The van der Waals surface area contributed by atoms with Crippen LogP contribution < -0.4 is 10.9 Å². The van der Waals surface area contributed by atoms with Gasteiger partial charge in [0.2, 0.25) is 0 Å². The zero-order valence-corrected chi connectivity index (χ0v) is 10.6. The largest absolute Gasteiger partial charge is 0.307 e. The molecule has 2 aromatic rings. The quantitative estimate of drug-likeness (QED) is 0.860. The predicted octanol–water partition coefficient (Wildman–Crippen LogP) is 1.40. The Hall–Kier alpha value is -1.62. The monoisotopic (exact) mass is 246 g/mol. The van der Waals surface area contributed by atoms with Gasteiger partial charge in [0.05, 0.1) is 6.04 Å². The number of pyridine rings is 1. The van der Waals surface area contributed by atoms with E-state index in [1.54, 1.807) is 6.07 Å². The molecule has 2 N–H and O–H groups in total. The second-order valence-corrected chi connectivity index (χ2v) is 4.90. The van der Waals surface area contributed by atoms with Crippen LogP contribution in [-0.4, -0.2) is 21.1 Å². The highest BCUT2D eigenvalue weighted by Crippen LogP contribution is 2.20. The van der Waals surface area contributed by atoms with Crippen LogP contribution in [-0.2, 0) is 6.42 Å². The topological polar surface area (TPSA) is 62.2 Å². The van der Waals surface area contributed by atoms with E-state index >= 15 is 0 Å². The summed E-state index contributed by atoms with van der Waals surface area (Å²) in [4.78, 5) is 16.5. The standard InChI is InChI=1S/C13H18N4O/c1-2-4-9-7-11-15-13(10-5-3-6-14-10)16-17(11)12(18)8-9/h7-8,10,14H,2-6H2,1H3,(H,15,16). The predicted molar refractivity (Wildman–Crippen MR) is 69.8 cm³/mol. The van der Waals surface area contributed by atoms with Gasteiger partial charge in [0, 0.05) is 6.07 Å². The van der Waals surface area contributed by atoms with E-state index in [4.69, 9.17) is 0 Å². The molecule has 1 atom stereocenters. The maximum atomic E-state index is 12.0. The van der Waals surface area contributed by atoms with Gasteiger partial charge >= 0.3 is 0 Å². The van der Waals surface area contributed by atoms with Crippen LogP contribution in [0.4, 0.5) is 0 Å². The fraction of sp³-hybridized carbons (Fsp3) is 0.538. The van der Waals surface area contributed by atoms with E-state index in [0.717, 1.165) is 49.3 Å². The number of aromatic amines is 1. The number of aromatic nitrogens is 3. The molecule has 0 aromatic carbocycles. The summed E-state index contributed by atoms with van der Waals surface area (Å²) in [5.74, 6) is 0.873. The molecule has 2 aromatic heterocycles. The highest BCUT2D eigenvalue weighted by Gasteiger charge is 2.20. The molecule has 0 amide bonds. The highest BCUT2D eigenvalue weighted by atomic mass is 16.1. The summed E-state index contributed by atoms with van der Waals surface area (Å²) in [5, 5.41) is 6.49. The van der Waals surface area contributed by atoms with Crippen molar-refractivity contribution >= 4 is 5.65 Å². The Bertz CT molecular complexity index is 607. The van der Waals surface area contributed by atoms with Crippen LogP contribution in [0.2, 0.25) is 0 Å². The van der Waals surface area contributed by atoms with Gasteiger partial charge in [-0.15, -0.1) is 0 Å². The number of hydrogen-bond acceptors (Lipinski definition) is 3. The molecular formula is C13H18N4O. The molecule has 0 bridgehead atoms. The molecule has 0 aliphatic carbocycles. The Morgan fingerprint density at radius 2 is 2.39 bits per heavy atom. The normalized spacial score (nSPS) is 19.7. The lowest BCUT2D eigenvalue weighted by Crippen LogP contribution is -2.16. The Labute approximate surface area is 105 Å². The van der Waals surface area contributed by atoms with E-state index in [9.17, 15) is 4.79 Å². The Morgan fingerprint density at radius 1 is 1.50 bits per heavy atom. The fourth-order valence-corrected chi connectivity index (χ4v) is 2.57. The SMILES string of the molecule is CCCc1cc(=O)n2[nH]c(C3CCCN3)nc2c1. The Morgan fingerprint density at radius 3 is 3.11 bits per heavy atom. The smallest absolute Gasteiger partial charge is 0.271 e. The van der Waals surface area contributed by atoms with Crippen LogP contribution in [0.15, 0.2) is 16.9 Å². The van der Waals surface area contributed by atoms with Crippen LogP contribution in [0.5, 0.6) is 0 Å². The van der Waals surface area contributed by atoms with Crippen molar-refractivity contribution in [1.29, 1.82) is 0 Å². The first kappa shape index (κ1) is 11.5. The first-order valence-corrected chi connectivity index (χ1v) is 6.63. The molecule has 5 nitrogen and oxygen atoms in total. The zero-order valence-electron chi connectivity index (χ0n) is 10.6. The van der Waals surface area contributed by atoms with Crippen molar-refractivity contribution in [2.45, 2.75) is 38.6 Å². The summed E-state index contributed by atoms with van der Waals surface area (Å²) in [6.07, 6.45) is 4.21. The van der Waals surface area contributed by atoms with Gasteiger partial charge < -0.3 is 5.32 Å². The molecule has 0 saturated carbocycles. The van der Waals surface area contributed by atoms with Crippen molar-refractivity contribution in [3.63, 3.8) is 0 Å². The minimum Gasteiger partial charge on any atom is -0.307 e. The van der Waals surface area contributed by atoms with Gasteiger partial charge in [-0.2, -0.15) is 0 Å². The number of nitrogens with zero attached hydrogens (tertiary/aromatic N) is 2. The number of H-pyrrole nitrogens is 1. The second kappa shape index (κ2) is 4.57. The zero-order chi connectivity index (χ0) is 12.5. The fourth-order valence-electron chi connectivity index (χ4n) is 2.57. The highest BCUT2D eigenvalue weighted by molar-refractivity contribution is 5.41. The van der Waals surface area contributed by atoms with Crippen LogP contribution in [0, 0.1) is 0 Å². The molecule has 0 spiro atoms. The average Bonchev–Trinajstić information content (AvgIpc) is 2.97. The minimum absolute atomic E-state index is 0.0207. The molecule has 1 unspecified atom stereocenters. The van der Waals surface area contributed by atoms with E-state index in [-0.39, 0.29) is 11.6 Å².